The van der Waals surface area contributed by atoms with Gasteiger partial charge in [-0.2, -0.15) is 0 Å². The Hall–Kier alpha value is -2.58. The van der Waals surface area contributed by atoms with Gasteiger partial charge in [-0.1, -0.05) is 66.2 Å². The van der Waals surface area contributed by atoms with Gasteiger partial charge in [0.1, 0.15) is 5.82 Å². The zero-order valence-corrected chi connectivity index (χ0v) is 15.6. The van der Waals surface area contributed by atoms with Crippen LogP contribution in [0.5, 0.6) is 0 Å². The van der Waals surface area contributed by atoms with Crippen molar-refractivity contribution in [2.45, 2.75) is 19.8 Å². The third-order valence-corrected chi connectivity index (χ3v) is 5.12. The number of halogens is 1. The number of benzene rings is 2. The Labute approximate surface area is 159 Å². The monoisotopic (exact) mass is 360 g/mol. The lowest BCUT2D eigenvalue weighted by Crippen LogP contribution is -2.01. The average Bonchev–Trinajstić information content (AvgIpc) is 3.47. The fraction of sp³-hybridized carbons (Fsp3) is 0.174. The van der Waals surface area contributed by atoms with E-state index in [0.29, 0.717) is 5.02 Å². The molecule has 0 saturated heterocycles. The maximum Gasteiger partial charge on any atom is 0.138 e. The minimum atomic E-state index is 0.699. The van der Waals surface area contributed by atoms with Gasteiger partial charge in [0.25, 0.3) is 0 Å². The van der Waals surface area contributed by atoms with E-state index < -0.39 is 0 Å². The molecule has 3 heteroatoms. The van der Waals surface area contributed by atoms with Crippen LogP contribution < -0.4 is 5.32 Å². The van der Waals surface area contributed by atoms with Crippen LogP contribution in [0.25, 0.3) is 22.0 Å². The van der Waals surface area contributed by atoms with Gasteiger partial charge in [-0.25, -0.2) is 4.98 Å². The Morgan fingerprint density at radius 2 is 1.88 bits per heavy atom. The van der Waals surface area contributed by atoms with Crippen LogP contribution in [0.2, 0.25) is 5.02 Å². The molecule has 130 valence electrons. The summed E-state index contributed by atoms with van der Waals surface area (Å²) in [6.45, 7) is 6.35. The molecule has 0 aliphatic heterocycles. The number of allylic oxidation sites excluding steroid dienone is 2. The largest absolute Gasteiger partial charge is 0.340 e. The lowest BCUT2D eigenvalue weighted by molar-refractivity contribution is 1.00. The summed E-state index contributed by atoms with van der Waals surface area (Å²) >= 11 is 6.39. The highest BCUT2D eigenvalue weighted by Gasteiger charge is 2.22. The van der Waals surface area contributed by atoms with Gasteiger partial charge in [0.15, 0.2) is 0 Å². The first-order valence-electron chi connectivity index (χ1n) is 8.90. The molecule has 0 spiro atoms. The molecule has 1 fully saturated rings. The fourth-order valence-electron chi connectivity index (χ4n) is 3.22. The highest BCUT2D eigenvalue weighted by molar-refractivity contribution is 6.33. The molecule has 1 aromatic heterocycles. The van der Waals surface area contributed by atoms with Gasteiger partial charge >= 0.3 is 0 Å². The summed E-state index contributed by atoms with van der Waals surface area (Å²) in [7, 11) is 0. The second-order valence-corrected chi connectivity index (χ2v) is 7.28. The summed E-state index contributed by atoms with van der Waals surface area (Å²) in [5, 5.41) is 6.29. The van der Waals surface area contributed by atoms with Crippen LogP contribution in [-0.2, 0) is 0 Å². The maximum atomic E-state index is 6.39. The Balaban J connectivity index is 1.76. The van der Waals surface area contributed by atoms with E-state index in [4.69, 9.17) is 16.6 Å². The maximum absolute atomic E-state index is 6.39. The lowest BCUT2D eigenvalue weighted by Gasteiger charge is -2.13. The van der Waals surface area contributed by atoms with E-state index in [1.165, 1.54) is 18.4 Å². The molecular weight excluding hydrogens is 340 g/mol. The molecule has 3 aromatic rings. The van der Waals surface area contributed by atoms with E-state index in [9.17, 15) is 0 Å². The predicted octanol–water partition coefficient (Wildman–Crippen LogP) is 6.84. The lowest BCUT2D eigenvalue weighted by atomic mass is 10.1. The van der Waals surface area contributed by atoms with E-state index in [0.717, 1.165) is 39.5 Å². The summed E-state index contributed by atoms with van der Waals surface area (Å²) in [5.74, 6) is 1.54. The number of nitrogens with one attached hydrogen (secondary N) is 1. The number of nitrogens with zero attached hydrogens (tertiary/aromatic N) is 1. The number of aromatic nitrogens is 1. The number of anilines is 1. The first-order chi connectivity index (χ1) is 12.6. The van der Waals surface area contributed by atoms with Crippen molar-refractivity contribution in [1.29, 1.82) is 0 Å². The quantitative estimate of drug-likeness (QED) is 0.504. The minimum Gasteiger partial charge on any atom is -0.340 e. The van der Waals surface area contributed by atoms with Gasteiger partial charge in [-0.3, -0.25) is 0 Å². The normalized spacial score (nSPS) is 14.5. The van der Waals surface area contributed by atoms with Crippen molar-refractivity contribution in [1.82, 2.24) is 4.98 Å². The third-order valence-electron chi connectivity index (χ3n) is 4.79. The molecule has 2 nitrogen and oxygen atoms in total. The van der Waals surface area contributed by atoms with Crippen molar-refractivity contribution in [3.05, 3.63) is 83.5 Å². The SMILES string of the molecule is C=C(/C=C(\C)C1CC1)Nc1nc(-c2ccccc2Cl)cc2ccccc12. The zero-order chi connectivity index (χ0) is 18.1. The van der Waals surface area contributed by atoms with Crippen LogP contribution in [-0.4, -0.2) is 4.98 Å². The molecule has 2 aromatic carbocycles. The van der Waals surface area contributed by atoms with Gasteiger partial charge in [-0.05, 0) is 49.3 Å². The number of rotatable bonds is 5. The molecule has 0 radical (unpaired) electrons. The van der Waals surface area contributed by atoms with Crippen molar-refractivity contribution in [2.24, 2.45) is 5.92 Å². The van der Waals surface area contributed by atoms with Crippen LogP contribution in [0.1, 0.15) is 19.8 Å². The molecule has 0 unspecified atom stereocenters. The first-order valence-corrected chi connectivity index (χ1v) is 9.28. The van der Waals surface area contributed by atoms with Crippen molar-refractivity contribution >= 4 is 28.2 Å². The molecular formula is C23H21ClN2. The van der Waals surface area contributed by atoms with Crippen molar-refractivity contribution in [3.63, 3.8) is 0 Å². The summed E-state index contributed by atoms with van der Waals surface area (Å²) in [6.07, 6.45) is 4.72. The van der Waals surface area contributed by atoms with Gasteiger partial charge < -0.3 is 5.32 Å². The number of fused-ring (bicyclic) bond motifs is 1. The van der Waals surface area contributed by atoms with E-state index in [1.807, 2.05) is 36.4 Å². The smallest absolute Gasteiger partial charge is 0.138 e. The zero-order valence-electron chi connectivity index (χ0n) is 14.8. The van der Waals surface area contributed by atoms with Crippen molar-refractivity contribution in [3.8, 4) is 11.3 Å². The number of pyridine rings is 1. The van der Waals surface area contributed by atoms with Crippen LogP contribution in [0.4, 0.5) is 5.82 Å². The van der Waals surface area contributed by atoms with E-state index >= 15 is 0 Å². The molecule has 4 rings (SSSR count). The highest BCUT2D eigenvalue weighted by atomic mass is 35.5. The van der Waals surface area contributed by atoms with Gasteiger partial charge in [0.2, 0.25) is 0 Å². The van der Waals surface area contributed by atoms with Crippen molar-refractivity contribution in [2.75, 3.05) is 5.32 Å². The molecule has 0 bridgehead atoms. The Bertz CT molecular complexity index is 1020. The molecule has 1 N–H and O–H groups in total. The number of hydrogen-bond donors (Lipinski definition) is 1. The summed E-state index contributed by atoms with van der Waals surface area (Å²) < 4.78 is 0. The molecule has 0 amide bonds. The Kier molecular flexibility index (Phi) is 4.52. The van der Waals surface area contributed by atoms with Crippen LogP contribution >= 0.6 is 11.6 Å². The average molecular weight is 361 g/mol. The van der Waals surface area contributed by atoms with E-state index in [-0.39, 0.29) is 0 Å². The molecule has 0 atom stereocenters. The van der Waals surface area contributed by atoms with E-state index in [2.05, 4.69) is 43.1 Å². The summed E-state index contributed by atoms with van der Waals surface area (Å²) in [5.41, 5.74) is 4.03. The van der Waals surface area contributed by atoms with Gasteiger partial charge in [0, 0.05) is 21.7 Å². The molecule has 1 aliphatic rings. The molecule has 26 heavy (non-hydrogen) atoms. The van der Waals surface area contributed by atoms with Crippen LogP contribution in [0.3, 0.4) is 0 Å². The third kappa shape index (κ3) is 3.51. The fourth-order valence-corrected chi connectivity index (χ4v) is 3.45. The van der Waals surface area contributed by atoms with Gasteiger partial charge in [-0.15, -0.1) is 0 Å². The molecule has 1 aliphatic carbocycles. The highest BCUT2D eigenvalue weighted by Crippen LogP contribution is 2.37. The van der Waals surface area contributed by atoms with Crippen LogP contribution in [0.15, 0.2) is 78.5 Å². The first kappa shape index (κ1) is 16.9. The van der Waals surface area contributed by atoms with Gasteiger partial charge in [0.05, 0.1) is 5.69 Å². The second kappa shape index (κ2) is 6.97. The van der Waals surface area contributed by atoms with Crippen LogP contribution in [0, 0.1) is 5.92 Å². The topological polar surface area (TPSA) is 24.9 Å². The molecule has 1 saturated carbocycles. The summed E-state index contributed by atoms with van der Waals surface area (Å²) in [6, 6.07) is 18.1. The van der Waals surface area contributed by atoms with E-state index in [1.54, 1.807) is 0 Å². The standard InChI is InChI=1S/C23H21ClN2/c1-15(17-11-12-17)13-16(2)25-23-19-8-4-3-7-18(19)14-22(26-23)20-9-5-6-10-21(20)24/h3-10,13-14,17H,2,11-12H2,1H3,(H,25,26)/b15-13+. The summed E-state index contributed by atoms with van der Waals surface area (Å²) in [4.78, 5) is 4.85. The Morgan fingerprint density at radius 1 is 1.15 bits per heavy atom. The molecule has 1 heterocycles. The predicted molar refractivity (Wildman–Crippen MR) is 111 cm³/mol. The number of hydrogen-bond acceptors (Lipinski definition) is 2. The second-order valence-electron chi connectivity index (χ2n) is 6.87. The Morgan fingerprint density at radius 3 is 2.65 bits per heavy atom. The van der Waals surface area contributed by atoms with Crippen molar-refractivity contribution < 1.29 is 0 Å². The minimum absolute atomic E-state index is 0.699.